The van der Waals surface area contributed by atoms with Crippen LogP contribution < -0.4 is 9.62 Å². The molecule has 0 aliphatic carbocycles. The van der Waals surface area contributed by atoms with Gasteiger partial charge in [-0.15, -0.1) is 0 Å². The van der Waals surface area contributed by atoms with E-state index in [1.165, 1.54) is 12.1 Å². The van der Waals surface area contributed by atoms with E-state index in [1.54, 1.807) is 24.3 Å². The number of nitrogens with one attached hydrogen (secondary N) is 1. The summed E-state index contributed by atoms with van der Waals surface area (Å²) in [5.74, 6) is -0.489. The molecule has 0 atom stereocenters. The highest BCUT2D eigenvalue weighted by molar-refractivity contribution is 7.92. The summed E-state index contributed by atoms with van der Waals surface area (Å²) in [7, 11) is -3.72. The van der Waals surface area contributed by atoms with Gasteiger partial charge in [-0.25, -0.2) is 8.42 Å². The molecule has 0 fully saturated rings. The normalized spacial score (nSPS) is 10.7. The maximum absolute atomic E-state index is 12.2. The molecular weight excluding hydrogens is 326 g/mol. The molecule has 0 heterocycles. The second-order valence-corrected chi connectivity index (χ2v) is 7.22. The molecular formula is C17H17N3O3S. The van der Waals surface area contributed by atoms with Gasteiger partial charge in [0.1, 0.15) is 12.6 Å². The van der Waals surface area contributed by atoms with Crippen molar-refractivity contribution in [2.75, 3.05) is 22.4 Å². The number of amides is 1. The Kier molecular flexibility index (Phi) is 5.21. The first-order valence-electron chi connectivity index (χ1n) is 7.14. The predicted molar refractivity (Wildman–Crippen MR) is 93.2 cm³/mol. The SMILES string of the molecule is Cc1ccc(NC(=O)CN(c2ccccc2C#N)S(C)(=O)=O)cc1. The number of hydrogen-bond donors (Lipinski definition) is 1. The second kappa shape index (κ2) is 7.15. The fourth-order valence-corrected chi connectivity index (χ4v) is 3.00. The molecule has 0 spiro atoms. The summed E-state index contributed by atoms with van der Waals surface area (Å²) in [5, 5.41) is 11.8. The van der Waals surface area contributed by atoms with Crippen molar-refractivity contribution in [3.05, 3.63) is 59.7 Å². The van der Waals surface area contributed by atoms with E-state index >= 15 is 0 Å². The van der Waals surface area contributed by atoms with Gasteiger partial charge in [-0.05, 0) is 31.2 Å². The van der Waals surface area contributed by atoms with Crippen LogP contribution in [0.5, 0.6) is 0 Å². The van der Waals surface area contributed by atoms with Gasteiger partial charge in [0.15, 0.2) is 0 Å². The van der Waals surface area contributed by atoms with E-state index < -0.39 is 22.5 Å². The number of hydrogen-bond acceptors (Lipinski definition) is 4. The van der Waals surface area contributed by atoms with Crippen molar-refractivity contribution < 1.29 is 13.2 Å². The number of carbonyl (C=O) groups excluding carboxylic acids is 1. The van der Waals surface area contributed by atoms with Gasteiger partial charge < -0.3 is 5.32 Å². The van der Waals surface area contributed by atoms with Crippen molar-refractivity contribution in [2.24, 2.45) is 0 Å². The number of sulfonamides is 1. The number of nitrogens with zero attached hydrogens (tertiary/aromatic N) is 2. The van der Waals surface area contributed by atoms with Crippen LogP contribution in [-0.4, -0.2) is 27.1 Å². The smallest absolute Gasteiger partial charge is 0.245 e. The van der Waals surface area contributed by atoms with Gasteiger partial charge in [0, 0.05) is 5.69 Å². The van der Waals surface area contributed by atoms with E-state index in [4.69, 9.17) is 5.26 Å². The van der Waals surface area contributed by atoms with E-state index in [-0.39, 0.29) is 11.3 Å². The fourth-order valence-electron chi connectivity index (χ4n) is 2.13. The van der Waals surface area contributed by atoms with Crippen molar-refractivity contribution in [1.29, 1.82) is 5.26 Å². The molecule has 0 aliphatic rings. The Morgan fingerprint density at radius 3 is 2.38 bits per heavy atom. The lowest BCUT2D eigenvalue weighted by Crippen LogP contribution is -2.37. The molecule has 124 valence electrons. The van der Waals surface area contributed by atoms with Crippen LogP contribution in [0.2, 0.25) is 0 Å². The third kappa shape index (κ3) is 4.33. The number of aryl methyl sites for hydroxylation is 1. The van der Waals surface area contributed by atoms with Crippen LogP contribution in [-0.2, 0) is 14.8 Å². The van der Waals surface area contributed by atoms with Gasteiger partial charge in [0.05, 0.1) is 17.5 Å². The van der Waals surface area contributed by atoms with Crippen LogP contribution >= 0.6 is 0 Å². The Morgan fingerprint density at radius 2 is 1.79 bits per heavy atom. The Labute approximate surface area is 141 Å². The van der Waals surface area contributed by atoms with Crippen LogP contribution in [0.4, 0.5) is 11.4 Å². The summed E-state index contributed by atoms with van der Waals surface area (Å²) in [6.07, 6.45) is 1.00. The van der Waals surface area contributed by atoms with Crippen molar-refractivity contribution in [2.45, 2.75) is 6.92 Å². The number of benzene rings is 2. The van der Waals surface area contributed by atoms with Crippen molar-refractivity contribution in [3.8, 4) is 6.07 Å². The topological polar surface area (TPSA) is 90.3 Å². The first kappa shape index (κ1) is 17.5. The maximum Gasteiger partial charge on any atom is 0.245 e. The molecule has 0 saturated carbocycles. The summed E-state index contributed by atoms with van der Waals surface area (Å²) < 4.78 is 25.1. The van der Waals surface area contributed by atoms with Gasteiger partial charge >= 0.3 is 0 Å². The van der Waals surface area contributed by atoms with Gasteiger partial charge in [0.25, 0.3) is 0 Å². The standard InChI is InChI=1S/C17H17N3O3S/c1-13-7-9-15(10-8-13)19-17(21)12-20(24(2,22)23)16-6-4-3-5-14(16)11-18/h3-10H,12H2,1-2H3,(H,19,21). The molecule has 0 saturated heterocycles. The first-order valence-corrected chi connectivity index (χ1v) is 8.99. The van der Waals surface area contributed by atoms with Crippen molar-refractivity contribution >= 4 is 27.3 Å². The fraction of sp³-hybridized carbons (Fsp3) is 0.176. The molecule has 7 heteroatoms. The lowest BCUT2D eigenvalue weighted by molar-refractivity contribution is -0.114. The zero-order chi connectivity index (χ0) is 17.7. The molecule has 0 radical (unpaired) electrons. The van der Waals surface area contributed by atoms with E-state index in [1.807, 2.05) is 25.1 Å². The molecule has 24 heavy (non-hydrogen) atoms. The van der Waals surface area contributed by atoms with Crippen LogP contribution in [0.1, 0.15) is 11.1 Å². The van der Waals surface area contributed by atoms with Crippen molar-refractivity contribution in [1.82, 2.24) is 0 Å². The average molecular weight is 343 g/mol. The summed E-state index contributed by atoms with van der Waals surface area (Å²) >= 11 is 0. The molecule has 0 unspecified atom stereocenters. The Hall–Kier alpha value is -2.85. The highest BCUT2D eigenvalue weighted by Crippen LogP contribution is 2.22. The summed E-state index contributed by atoms with van der Waals surface area (Å²) in [6.45, 7) is 1.52. The molecule has 2 aromatic carbocycles. The third-order valence-electron chi connectivity index (χ3n) is 3.32. The largest absolute Gasteiger partial charge is 0.325 e. The highest BCUT2D eigenvalue weighted by atomic mass is 32.2. The van der Waals surface area contributed by atoms with Gasteiger partial charge in [-0.2, -0.15) is 5.26 Å². The van der Waals surface area contributed by atoms with Crippen molar-refractivity contribution in [3.63, 3.8) is 0 Å². The van der Waals surface area contributed by atoms with E-state index in [0.717, 1.165) is 16.1 Å². The van der Waals surface area contributed by atoms with Gasteiger partial charge in [-0.1, -0.05) is 29.8 Å². The molecule has 0 aliphatic heterocycles. The Balaban J connectivity index is 2.25. The summed E-state index contributed by atoms with van der Waals surface area (Å²) in [5.41, 5.74) is 1.99. The average Bonchev–Trinajstić information content (AvgIpc) is 2.54. The lowest BCUT2D eigenvalue weighted by atomic mass is 10.2. The molecule has 2 aromatic rings. The zero-order valence-corrected chi connectivity index (χ0v) is 14.2. The monoisotopic (exact) mass is 343 g/mol. The zero-order valence-electron chi connectivity index (χ0n) is 13.4. The van der Waals surface area contributed by atoms with E-state index in [2.05, 4.69) is 5.32 Å². The minimum absolute atomic E-state index is 0.182. The van der Waals surface area contributed by atoms with Gasteiger partial charge in [-0.3, -0.25) is 9.10 Å². The Bertz CT molecular complexity index is 884. The quantitative estimate of drug-likeness (QED) is 0.902. The number of nitriles is 1. The van der Waals surface area contributed by atoms with Crippen LogP contribution in [0.25, 0.3) is 0 Å². The summed E-state index contributed by atoms with van der Waals surface area (Å²) in [6, 6.07) is 15.4. The number of anilines is 2. The third-order valence-corrected chi connectivity index (χ3v) is 4.44. The number of carbonyl (C=O) groups is 1. The number of para-hydroxylation sites is 1. The summed E-state index contributed by atoms with van der Waals surface area (Å²) in [4.78, 5) is 12.2. The molecule has 6 nitrogen and oxygen atoms in total. The minimum Gasteiger partial charge on any atom is -0.325 e. The lowest BCUT2D eigenvalue weighted by Gasteiger charge is -2.22. The first-order chi connectivity index (χ1) is 11.3. The molecule has 1 amide bonds. The van der Waals surface area contributed by atoms with Crippen LogP contribution in [0, 0.1) is 18.3 Å². The Morgan fingerprint density at radius 1 is 1.17 bits per heavy atom. The molecule has 2 rings (SSSR count). The molecule has 0 aromatic heterocycles. The maximum atomic E-state index is 12.2. The number of rotatable bonds is 5. The van der Waals surface area contributed by atoms with E-state index in [9.17, 15) is 13.2 Å². The van der Waals surface area contributed by atoms with Crippen LogP contribution in [0.3, 0.4) is 0 Å². The minimum atomic E-state index is -3.72. The van der Waals surface area contributed by atoms with E-state index in [0.29, 0.717) is 5.69 Å². The molecule has 1 N–H and O–H groups in total. The second-order valence-electron chi connectivity index (χ2n) is 5.31. The highest BCUT2D eigenvalue weighted by Gasteiger charge is 2.23. The predicted octanol–water partition coefficient (Wildman–Crippen LogP) is 2.27. The molecule has 0 bridgehead atoms. The van der Waals surface area contributed by atoms with Gasteiger partial charge in [0.2, 0.25) is 15.9 Å². The van der Waals surface area contributed by atoms with Crippen LogP contribution in [0.15, 0.2) is 48.5 Å².